The molecule has 0 unspecified atom stereocenters. The monoisotopic (exact) mass is 473 g/mol. The third-order valence-corrected chi connectivity index (χ3v) is 5.91. The van der Waals surface area contributed by atoms with Crippen LogP contribution in [0.15, 0.2) is 77.9 Å². The van der Waals surface area contributed by atoms with Gasteiger partial charge in [-0.1, -0.05) is 47.5 Å². The molecule has 0 N–H and O–H groups in total. The standard InChI is InChI=1S/C25H19Cl2F2NO2/c1-15(25(31)32-23-11-21(28)10-22(29)12-23)18-13-30(14-18)24(16-2-6-19(26)7-3-16)17-4-8-20(27)9-5-17/h2-12,24H,13-14H2,1H3. The van der Waals surface area contributed by atoms with Crippen molar-refractivity contribution in [3.05, 3.63) is 111 Å². The van der Waals surface area contributed by atoms with Crippen molar-refractivity contribution in [3.8, 4) is 5.75 Å². The van der Waals surface area contributed by atoms with Crippen molar-refractivity contribution < 1.29 is 18.3 Å². The summed E-state index contributed by atoms with van der Waals surface area (Å²) in [5.74, 6) is -2.40. The minimum Gasteiger partial charge on any atom is -0.423 e. The predicted octanol–water partition coefficient (Wildman–Crippen LogP) is 6.60. The van der Waals surface area contributed by atoms with Gasteiger partial charge in [-0.05, 0) is 47.9 Å². The van der Waals surface area contributed by atoms with Gasteiger partial charge in [0.15, 0.2) is 0 Å². The third kappa shape index (κ3) is 5.01. The van der Waals surface area contributed by atoms with Gasteiger partial charge in [0.25, 0.3) is 0 Å². The molecule has 0 bridgehead atoms. The van der Waals surface area contributed by atoms with Crippen molar-refractivity contribution in [2.24, 2.45) is 0 Å². The Bertz CT molecular complexity index is 1100. The SMILES string of the molecule is CC(C(=O)Oc1cc(F)cc(F)c1)=C1CN(C(c2ccc(Cl)cc2)c2ccc(Cl)cc2)C1. The van der Waals surface area contributed by atoms with Crippen molar-refractivity contribution in [1.82, 2.24) is 4.90 Å². The van der Waals surface area contributed by atoms with Gasteiger partial charge >= 0.3 is 5.97 Å². The van der Waals surface area contributed by atoms with Crippen LogP contribution in [0.4, 0.5) is 8.78 Å². The average Bonchev–Trinajstić information content (AvgIpc) is 2.71. The predicted molar refractivity (Wildman–Crippen MR) is 121 cm³/mol. The Kier molecular flexibility index (Phi) is 6.60. The zero-order valence-corrected chi connectivity index (χ0v) is 18.6. The van der Waals surface area contributed by atoms with Gasteiger partial charge in [-0.3, -0.25) is 4.90 Å². The first-order chi connectivity index (χ1) is 15.3. The first-order valence-corrected chi connectivity index (χ1v) is 10.7. The Hall–Kier alpha value is -2.73. The maximum atomic E-state index is 13.4. The normalized spacial score (nSPS) is 13.8. The molecule has 0 aromatic heterocycles. The lowest BCUT2D eigenvalue weighted by Gasteiger charge is -2.41. The lowest BCUT2D eigenvalue weighted by Crippen LogP contribution is -2.44. The summed E-state index contributed by atoms with van der Waals surface area (Å²) in [4.78, 5) is 14.7. The Morgan fingerprint density at radius 3 is 1.81 bits per heavy atom. The van der Waals surface area contributed by atoms with Crippen LogP contribution in [0, 0.1) is 11.6 Å². The molecule has 164 valence electrons. The van der Waals surface area contributed by atoms with Crippen LogP contribution in [0.1, 0.15) is 24.1 Å². The molecule has 1 saturated heterocycles. The highest BCUT2D eigenvalue weighted by atomic mass is 35.5. The molecule has 3 nitrogen and oxygen atoms in total. The van der Waals surface area contributed by atoms with Gasteiger partial charge in [0, 0.05) is 46.9 Å². The van der Waals surface area contributed by atoms with Crippen molar-refractivity contribution in [1.29, 1.82) is 0 Å². The number of rotatable bonds is 5. The quantitative estimate of drug-likeness (QED) is 0.237. The summed E-state index contributed by atoms with van der Waals surface area (Å²) < 4.78 is 31.9. The largest absolute Gasteiger partial charge is 0.423 e. The molecular weight excluding hydrogens is 455 g/mol. The molecule has 0 radical (unpaired) electrons. The maximum absolute atomic E-state index is 13.4. The zero-order chi connectivity index (χ0) is 22.8. The van der Waals surface area contributed by atoms with Gasteiger partial charge in [0.1, 0.15) is 17.4 Å². The van der Waals surface area contributed by atoms with E-state index in [0.717, 1.165) is 34.9 Å². The first kappa shape index (κ1) is 22.5. The van der Waals surface area contributed by atoms with Gasteiger partial charge < -0.3 is 4.74 Å². The smallest absolute Gasteiger partial charge is 0.339 e. The fourth-order valence-electron chi connectivity index (χ4n) is 3.68. The van der Waals surface area contributed by atoms with E-state index in [-0.39, 0.29) is 11.8 Å². The molecule has 1 heterocycles. The Balaban J connectivity index is 1.53. The summed E-state index contributed by atoms with van der Waals surface area (Å²) in [5, 5.41) is 1.31. The Labute approximate surface area is 194 Å². The second kappa shape index (κ2) is 9.41. The van der Waals surface area contributed by atoms with Crippen LogP contribution in [-0.4, -0.2) is 24.0 Å². The zero-order valence-electron chi connectivity index (χ0n) is 17.1. The number of carbonyl (C=O) groups is 1. The maximum Gasteiger partial charge on any atom is 0.339 e. The Morgan fingerprint density at radius 2 is 1.34 bits per heavy atom. The minimum atomic E-state index is -0.804. The molecule has 1 fully saturated rings. The number of halogens is 4. The van der Waals surface area contributed by atoms with Crippen LogP contribution in [0.5, 0.6) is 5.75 Å². The topological polar surface area (TPSA) is 29.5 Å². The van der Waals surface area contributed by atoms with Crippen LogP contribution in [-0.2, 0) is 4.79 Å². The number of likely N-dealkylation sites (tertiary alicyclic amines) is 1. The third-order valence-electron chi connectivity index (χ3n) is 5.41. The van der Waals surface area contributed by atoms with E-state index < -0.39 is 17.6 Å². The lowest BCUT2D eigenvalue weighted by atomic mass is 9.91. The summed E-state index contributed by atoms with van der Waals surface area (Å²) in [7, 11) is 0. The highest BCUT2D eigenvalue weighted by Gasteiger charge is 2.32. The fourth-order valence-corrected chi connectivity index (χ4v) is 3.94. The van der Waals surface area contributed by atoms with Gasteiger partial charge in [-0.15, -0.1) is 0 Å². The van der Waals surface area contributed by atoms with Crippen LogP contribution in [0.2, 0.25) is 10.0 Å². The first-order valence-electron chi connectivity index (χ1n) is 9.92. The van der Waals surface area contributed by atoms with E-state index in [1.165, 1.54) is 0 Å². The number of nitrogens with zero attached hydrogens (tertiary/aromatic N) is 1. The number of esters is 1. The summed E-state index contributed by atoms with van der Waals surface area (Å²) >= 11 is 12.1. The molecule has 4 rings (SSSR count). The second-order valence-corrected chi connectivity index (χ2v) is 8.51. The van der Waals surface area contributed by atoms with Gasteiger partial charge in [-0.2, -0.15) is 0 Å². The molecule has 0 amide bonds. The molecule has 1 aliphatic rings. The van der Waals surface area contributed by atoms with E-state index in [1.54, 1.807) is 6.92 Å². The molecule has 0 spiro atoms. The van der Waals surface area contributed by atoms with Crippen LogP contribution in [0.3, 0.4) is 0 Å². The number of hydrogen-bond donors (Lipinski definition) is 0. The minimum absolute atomic E-state index is 0.0468. The molecule has 3 aromatic carbocycles. The lowest BCUT2D eigenvalue weighted by molar-refractivity contribution is -0.130. The summed E-state index contributed by atoms with van der Waals surface area (Å²) in [6.45, 7) is 2.76. The van der Waals surface area contributed by atoms with Gasteiger partial charge in [0.2, 0.25) is 0 Å². The van der Waals surface area contributed by atoms with Crippen molar-refractivity contribution in [2.45, 2.75) is 13.0 Å². The van der Waals surface area contributed by atoms with Gasteiger partial charge in [-0.25, -0.2) is 13.6 Å². The number of hydrogen-bond acceptors (Lipinski definition) is 3. The average molecular weight is 474 g/mol. The van der Waals surface area contributed by atoms with Crippen molar-refractivity contribution in [3.63, 3.8) is 0 Å². The summed E-state index contributed by atoms with van der Waals surface area (Å²) in [6.07, 6.45) is 0. The van der Waals surface area contributed by atoms with Crippen molar-refractivity contribution in [2.75, 3.05) is 13.1 Å². The van der Waals surface area contributed by atoms with E-state index >= 15 is 0 Å². The molecule has 0 aliphatic carbocycles. The molecular formula is C25H19Cl2F2NO2. The Morgan fingerprint density at radius 1 is 0.875 bits per heavy atom. The van der Waals surface area contributed by atoms with Crippen LogP contribution < -0.4 is 4.74 Å². The number of carbonyl (C=O) groups excluding carboxylic acids is 1. The molecule has 1 aliphatic heterocycles. The summed E-state index contributed by atoms with van der Waals surface area (Å²) in [6, 6.07) is 17.9. The van der Waals surface area contributed by atoms with Crippen LogP contribution >= 0.6 is 23.2 Å². The van der Waals surface area contributed by atoms with E-state index in [0.29, 0.717) is 28.7 Å². The van der Waals surface area contributed by atoms with Crippen LogP contribution in [0.25, 0.3) is 0 Å². The van der Waals surface area contributed by atoms with E-state index in [2.05, 4.69) is 4.90 Å². The molecule has 3 aromatic rings. The molecule has 0 atom stereocenters. The number of ether oxygens (including phenoxy) is 1. The molecule has 32 heavy (non-hydrogen) atoms. The van der Waals surface area contributed by atoms with E-state index in [4.69, 9.17) is 27.9 Å². The highest BCUT2D eigenvalue weighted by Crippen LogP contribution is 2.36. The van der Waals surface area contributed by atoms with Crippen molar-refractivity contribution >= 4 is 29.2 Å². The fraction of sp³-hybridized carbons (Fsp3) is 0.160. The van der Waals surface area contributed by atoms with Gasteiger partial charge in [0.05, 0.1) is 6.04 Å². The molecule has 7 heteroatoms. The summed E-state index contributed by atoms with van der Waals surface area (Å²) in [5.41, 5.74) is 3.45. The number of benzene rings is 3. The second-order valence-electron chi connectivity index (χ2n) is 7.63. The van der Waals surface area contributed by atoms with E-state index in [9.17, 15) is 13.6 Å². The van der Waals surface area contributed by atoms with E-state index in [1.807, 2.05) is 48.5 Å². The molecule has 0 saturated carbocycles. The highest BCUT2D eigenvalue weighted by molar-refractivity contribution is 6.30.